The number of aliphatic hydroxyl groups excluding tert-OH is 1. The largest absolute Gasteiger partial charge is 0.444 e. The fourth-order valence-corrected chi connectivity index (χ4v) is 1.54. The van der Waals surface area contributed by atoms with E-state index in [0.717, 1.165) is 6.07 Å². The molecule has 0 spiro atoms. The molecule has 0 radical (unpaired) electrons. The maximum atomic E-state index is 13.3. The molecule has 1 aromatic rings. The van der Waals surface area contributed by atoms with E-state index in [1.54, 1.807) is 27.7 Å². The van der Waals surface area contributed by atoms with E-state index in [-0.39, 0.29) is 5.56 Å². The van der Waals surface area contributed by atoms with E-state index in [0.29, 0.717) is 11.3 Å². The van der Waals surface area contributed by atoms with E-state index in [1.807, 2.05) is 0 Å². The summed E-state index contributed by atoms with van der Waals surface area (Å²) in [5.74, 6) is -3.30. The van der Waals surface area contributed by atoms with Crippen molar-refractivity contribution in [3.8, 4) is 0 Å². The van der Waals surface area contributed by atoms with Crippen LogP contribution in [0.2, 0.25) is 0 Å². The zero-order valence-electron chi connectivity index (χ0n) is 12.0. The van der Waals surface area contributed by atoms with Crippen molar-refractivity contribution < 1.29 is 23.4 Å². The number of alkyl halides is 2. The summed E-state index contributed by atoms with van der Waals surface area (Å²) in [6.45, 7) is 5.51. The van der Waals surface area contributed by atoms with Gasteiger partial charge in [-0.05, 0) is 45.4 Å². The molecule has 0 aromatic heterocycles. The molecule has 1 aromatic carbocycles. The Labute approximate surface area is 116 Å². The molecule has 0 unspecified atom stereocenters. The van der Waals surface area contributed by atoms with Crippen molar-refractivity contribution in [2.75, 3.05) is 11.9 Å². The summed E-state index contributed by atoms with van der Waals surface area (Å²) in [4.78, 5) is 11.6. The van der Waals surface area contributed by atoms with Gasteiger partial charge in [0, 0.05) is 11.3 Å². The van der Waals surface area contributed by atoms with Crippen LogP contribution in [0, 0.1) is 6.92 Å². The topological polar surface area (TPSA) is 58.6 Å². The molecule has 0 aliphatic carbocycles. The molecule has 0 bridgehead atoms. The smallest absolute Gasteiger partial charge is 0.412 e. The third-order valence-electron chi connectivity index (χ3n) is 2.48. The number of ether oxygens (including phenoxy) is 1. The molecule has 0 aliphatic rings. The fourth-order valence-electron chi connectivity index (χ4n) is 1.54. The third kappa shape index (κ3) is 4.45. The predicted octanol–water partition coefficient (Wildman–Crippen LogP) is 3.43. The first-order valence-electron chi connectivity index (χ1n) is 6.15. The van der Waals surface area contributed by atoms with Crippen LogP contribution in [0.5, 0.6) is 0 Å². The van der Waals surface area contributed by atoms with E-state index in [9.17, 15) is 13.6 Å². The number of nitrogens with one attached hydrogen (secondary N) is 1. The minimum absolute atomic E-state index is 0.299. The zero-order valence-corrected chi connectivity index (χ0v) is 12.0. The first-order chi connectivity index (χ1) is 9.05. The zero-order chi connectivity index (χ0) is 15.6. The van der Waals surface area contributed by atoms with E-state index in [4.69, 9.17) is 9.84 Å². The van der Waals surface area contributed by atoms with Crippen molar-refractivity contribution in [1.82, 2.24) is 0 Å². The van der Waals surface area contributed by atoms with E-state index >= 15 is 0 Å². The Morgan fingerprint density at radius 3 is 2.40 bits per heavy atom. The monoisotopic (exact) mass is 287 g/mol. The molecule has 112 valence electrons. The molecule has 6 heteroatoms. The summed E-state index contributed by atoms with van der Waals surface area (Å²) in [5, 5.41) is 11.1. The standard InChI is InChI=1S/C14H19F2NO3/c1-9-7-10(14(15,16)8-18)5-6-11(9)17-12(19)20-13(2,3)4/h5-7,18H,8H2,1-4H3,(H,17,19). The van der Waals surface area contributed by atoms with Gasteiger partial charge in [0.15, 0.2) is 0 Å². The molecule has 0 heterocycles. The number of hydrogen-bond acceptors (Lipinski definition) is 3. The molecule has 0 saturated heterocycles. The minimum Gasteiger partial charge on any atom is -0.444 e. The summed E-state index contributed by atoms with van der Waals surface area (Å²) in [6, 6.07) is 3.75. The number of aliphatic hydroxyl groups is 1. The maximum Gasteiger partial charge on any atom is 0.412 e. The number of hydrogen-bond donors (Lipinski definition) is 2. The van der Waals surface area contributed by atoms with Crippen LogP contribution in [0.4, 0.5) is 19.3 Å². The Hall–Kier alpha value is -1.69. The second kappa shape index (κ2) is 5.75. The molecule has 0 atom stereocenters. The van der Waals surface area contributed by atoms with Gasteiger partial charge in [0.05, 0.1) is 0 Å². The molecule has 1 amide bonds. The van der Waals surface area contributed by atoms with Gasteiger partial charge in [0.1, 0.15) is 12.2 Å². The summed E-state index contributed by atoms with van der Waals surface area (Å²) in [5.41, 5.74) is -0.0903. The molecule has 1 rings (SSSR count). The van der Waals surface area contributed by atoms with Gasteiger partial charge >= 0.3 is 6.09 Å². The maximum absolute atomic E-state index is 13.3. The van der Waals surface area contributed by atoms with Gasteiger partial charge in [-0.1, -0.05) is 6.07 Å². The fraction of sp³-hybridized carbons (Fsp3) is 0.500. The van der Waals surface area contributed by atoms with Gasteiger partial charge in [0.2, 0.25) is 0 Å². The number of carbonyl (C=O) groups excluding carboxylic acids is 1. The van der Waals surface area contributed by atoms with Gasteiger partial charge in [0.25, 0.3) is 5.92 Å². The van der Waals surface area contributed by atoms with Crippen molar-refractivity contribution in [2.45, 2.75) is 39.2 Å². The van der Waals surface area contributed by atoms with Crippen molar-refractivity contribution in [1.29, 1.82) is 0 Å². The normalized spacial score (nSPS) is 12.2. The number of aryl methyl sites for hydroxylation is 1. The Morgan fingerprint density at radius 2 is 1.95 bits per heavy atom. The van der Waals surface area contributed by atoms with Crippen LogP contribution in [0.25, 0.3) is 0 Å². The van der Waals surface area contributed by atoms with Gasteiger partial charge in [-0.15, -0.1) is 0 Å². The van der Waals surface area contributed by atoms with Crippen LogP contribution in [-0.2, 0) is 10.7 Å². The highest BCUT2D eigenvalue weighted by Gasteiger charge is 2.30. The molecule has 20 heavy (non-hydrogen) atoms. The first kappa shape index (κ1) is 16.4. The molecular formula is C14H19F2NO3. The Kier molecular flexibility index (Phi) is 4.70. The SMILES string of the molecule is Cc1cc(C(F)(F)CO)ccc1NC(=O)OC(C)(C)C. The number of amides is 1. The molecule has 4 nitrogen and oxygen atoms in total. The number of benzene rings is 1. The summed E-state index contributed by atoms with van der Waals surface area (Å²) in [7, 11) is 0. The number of anilines is 1. The van der Waals surface area contributed by atoms with Gasteiger partial charge in [-0.3, -0.25) is 5.32 Å². The van der Waals surface area contributed by atoms with Crippen molar-refractivity contribution >= 4 is 11.8 Å². The van der Waals surface area contributed by atoms with Gasteiger partial charge in [-0.2, -0.15) is 8.78 Å². The van der Waals surface area contributed by atoms with Crippen LogP contribution in [0.3, 0.4) is 0 Å². The van der Waals surface area contributed by atoms with Gasteiger partial charge in [-0.25, -0.2) is 4.79 Å². The average molecular weight is 287 g/mol. The van der Waals surface area contributed by atoms with Crippen molar-refractivity contribution in [3.05, 3.63) is 29.3 Å². The highest BCUT2D eigenvalue weighted by atomic mass is 19.3. The molecular weight excluding hydrogens is 268 g/mol. The van der Waals surface area contributed by atoms with Crippen LogP contribution in [-0.4, -0.2) is 23.4 Å². The Morgan fingerprint density at radius 1 is 1.35 bits per heavy atom. The lowest BCUT2D eigenvalue weighted by atomic mass is 10.0. The second-order valence-corrected chi connectivity index (χ2v) is 5.52. The lowest BCUT2D eigenvalue weighted by molar-refractivity contribution is -0.0556. The van der Waals surface area contributed by atoms with Crippen LogP contribution < -0.4 is 5.32 Å². The molecule has 2 N–H and O–H groups in total. The van der Waals surface area contributed by atoms with Crippen LogP contribution >= 0.6 is 0 Å². The quantitative estimate of drug-likeness (QED) is 0.895. The van der Waals surface area contributed by atoms with Gasteiger partial charge < -0.3 is 9.84 Å². The van der Waals surface area contributed by atoms with Crippen LogP contribution in [0.15, 0.2) is 18.2 Å². The van der Waals surface area contributed by atoms with E-state index in [2.05, 4.69) is 5.32 Å². The number of halogens is 2. The highest BCUT2D eigenvalue weighted by molar-refractivity contribution is 5.85. The molecule has 0 fully saturated rings. The lowest BCUT2D eigenvalue weighted by Crippen LogP contribution is -2.27. The molecule has 0 saturated carbocycles. The van der Waals surface area contributed by atoms with Crippen LogP contribution in [0.1, 0.15) is 31.9 Å². The highest BCUT2D eigenvalue weighted by Crippen LogP contribution is 2.30. The summed E-state index contributed by atoms with van der Waals surface area (Å²) < 4.78 is 31.7. The number of carbonyl (C=O) groups is 1. The molecule has 0 aliphatic heterocycles. The van der Waals surface area contributed by atoms with E-state index in [1.165, 1.54) is 12.1 Å². The van der Waals surface area contributed by atoms with Crippen molar-refractivity contribution in [3.63, 3.8) is 0 Å². The average Bonchev–Trinajstić information content (AvgIpc) is 2.29. The predicted molar refractivity (Wildman–Crippen MR) is 72.0 cm³/mol. The second-order valence-electron chi connectivity index (χ2n) is 5.52. The number of rotatable bonds is 3. The first-order valence-corrected chi connectivity index (χ1v) is 6.15. The summed E-state index contributed by atoms with van der Waals surface area (Å²) >= 11 is 0. The summed E-state index contributed by atoms with van der Waals surface area (Å²) in [6.07, 6.45) is -0.651. The minimum atomic E-state index is -3.30. The Balaban J connectivity index is 2.87. The lowest BCUT2D eigenvalue weighted by Gasteiger charge is -2.20. The van der Waals surface area contributed by atoms with Crippen molar-refractivity contribution in [2.24, 2.45) is 0 Å². The third-order valence-corrected chi connectivity index (χ3v) is 2.48. The van der Waals surface area contributed by atoms with E-state index < -0.39 is 24.2 Å². The Bertz CT molecular complexity index is 496.